The summed E-state index contributed by atoms with van der Waals surface area (Å²) in [7, 11) is 0. The lowest BCUT2D eigenvalue weighted by Gasteiger charge is -2.20. The number of halogens is 4. The van der Waals surface area contributed by atoms with Gasteiger partial charge in [0.25, 0.3) is 5.91 Å². The third-order valence-electron chi connectivity index (χ3n) is 5.69. The lowest BCUT2D eigenvalue weighted by molar-refractivity contribution is -0.274. The van der Waals surface area contributed by atoms with Gasteiger partial charge in [0.05, 0.1) is 0 Å². The lowest BCUT2D eigenvalue weighted by Crippen LogP contribution is -2.33. The molecule has 1 aromatic heterocycles. The first kappa shape index (κ1) is 23.0. The third-order valence-corrected chi connectivity index (χ3v) is 5.90. The summed E-state index contributed by atoms with van der Waals surface area (Å²) >= 11 is 5.85. The number of ether oxygens (including phenoxy) is 2. The Morgan fingerprint density at radius 3 is 2.69 bits per heavy atom. The average Bonchev–Trinajstić information content (AvgIpc) is 3.49. The number of likely N-dealkylation sites (tertiary alicyclic amines) is 1. The fourth-order valence-corrected chi connectivity index (χ4v) is 4.41. The first-order valence-corrected chi connectivity index (χ1v) is 10.8. The van der Waals surface area contributed by atoms with E-state index in [0.717, 1.165) is 17.7 Å². The van der Waals surface area contributed by atoms with Gasteiger partial charge < -0.3 is 19.3 Å². The van der Waals surface area contributed by atoms with Gasteiger partial charge in [0.15, 0.2) is 0 Å². The minimum Gasteiger partial charge on any atom is -0.445 e. The van der Waals surface area contributed by atoms with Crippen LogP contribution in [0.2, 0.25) is 5.02 Å². The van der Waals surface area contributed by atoms with Crippen molar-refractivity contribution in [2.75, 3.05) is 19.6 Å². The molecule has 0 bridgehead atoms. The van der Waals surface area contributed by atoms with E-state index >= 15 is 0 Å². The van der Waals surface area contributed by atoms with E-state index in [1.807, 2.05) is 0 Å². The molecule has 1 fully saturated rings. The largest absolute Gasteiger partial charge is 0.573 e. The molecule has 13 heteroatoms. The number of rotatable bonds is 4. The molecule has 1 atom stereocenters. The zero-order valence-corrected chi connectivity index (χ0v) is 18.6. The smallest absolute Gasteiger partial charge is 0.445 e. The quantitative estimate of drug-likeness (QED) is 0.570. The number of alkyl halides is 3. The Kier molecular flexibility index (Phi) is 5.75. The number of aromatic nitrogens is 3. The number of nitrogens with one attached hydrogen (secondary N) is 1. The van der Waals surface area contributed by atoms with E-state index in [9.17, 15) is 22.8 Å². The van der Waals surface area contributed by atoms with Gasteiger partial charge in [-0.25, -0.2) is 4.79 Å². The number of nitrogens with zero attached hydrogens (tertiary/aromatic N) is 4. The fourth-order valence-electron chi connectivity index (χ4n) is 4.16. The highest BCUT2D eigenvalue weighted by Crippen LogP contribution is 2.32. The van der Waals surface area contributed by atoms with E-state index in [1.54, 1.807) is 29.3 Å². The van der Waals surface area contributed by atoms with Crippen molar-refractivity contribution < 1.29 is 32.2 Å². The summed E-state index contributed by atoms with van der Waals surface area (Å²) in [5, 5.41) is 10.5. The van der Waals surface area contributed by atoms with Crippen LogP contribution in [0.1, 0.15) is 15.9 Å². The van der Waals surface area contributed by atoms with Crippen molar-refractivity contribution in [3.05, 3.63) is 64.3 Å². The molecule has 2 amide bonds. The molecule has 9 nitrogen and oxygen atoms in total. The lowest BCUT2D eigenvalue weighted by atomic mass is 10.1. The molecule has 0 aliphatic carbocycles. The maximum absolute atomic E-state index is 12.9. The van der Waals surface area contributed by atoms with Crippen LogP contribution in [0, 0.1) is 5.92 Å². The summed E-state index contributed by atoms with van der Waals surface area (Å²) in [5.41, 5.74) is 2.91. The SMILES string of the molecule is O=C(c1ccc2n[nH]nc2c1)N1C=C2CN(C(=O)OCc3cc(Cl)cc(OC(F)(F)F)c3)C[C@@H]2C1. The molecule has 0 radical (unpaired) electrons. The highest BCUT2D eigenvalue weighted by molar-refractivity contribution is 6.30. The predicted octanol–water partition coefficient (Wildman–Crippen LogP) is 4.12. The summed E-state index contributed by atoms with van der Waals surface area (Å²) in [6, 6.07) is 8.58. The molecule has 182 valence electrons. The van der Waals surface area contributed by atoms with Gasteiger partial charge in [-0.05, 0) is 47.5 Å². The van der Waals surface area contributed by atoms with E-state index in [4.69, 9.17) is 16.3 Å². The average molecular weight is 508 g/mol. The minimum absolute atomic E-state index is 0.0196. The highest BCUT2D eigenvalue weighted by Gasteiger charge is 2.38. The van der Waals surface area contributed by atoms with E-state index in [0.29, 0.717) is 29.7 Å². The number of benzene rings is 2. The summed E-state index contributed by atoms with van der Waals surface area (Å²) in [6.45, 7) is 0.784. The number of aromatic amines is 1. The third kappa shape index (κ3) is 5.02. The van der Waals surface area contributed by atoms with Gasteiger partial charge in [0.1, 0.15) is 23.4 Å². The molecular formula is C22H17ClF3N5O4. The zero-order chi connectivity index (χ0) is 24.7. The maximum atomic E-state index is 12.9. The molecule has 0 spiro atoms. The van der Waals surface area contributed by atoms with Crippen LogP contribution in [0.3, 0.4) is 0 Å². The number of hydrogen-bond donors (Lipinski definition) is 1. The van der Waals surface area contributed by atoms with Crippen molar-refractivity contribution >= 4 is 34.6 Å². The van der Waals surface area contributed by atoms with Crippen LogP contribution in [0.4, 0.5) is 18.0 Å². The molecule has 2 aromatic carbocycles. The van der Waals surface area contributed by atoms with E-state index < -0.39 is 18.2 Å². The predicted molar refractivity (Wildman–Crippen MR) is 116 cm³/mol. The van der Waals surface area contributed by atoms with Gasteiger partial charge in [-0.15, -0.1) is 13.2 Å². The molecule has 2 aliphatic heterocycles. The fraction of sp³-hybridized carbons (Fsp3) is 0.273. The van der Waals surface area contributed by atoms with Crippen molar-refractivity contribution in [3.8, 4) is 5.75 Å². The standard InChI is InChI=1S/C22H17ClF3N5O4/c23-16-3-12(4-17(6-16)35-22(24,25)26)11-34-21(33)31-9-14-7-30(8-15(14)10-31)20(32)13-1-2-18-19(5-13)28-29-27-18/h1-7,15H,8-11H2,(H,27,28,29)/t15-/m0/s1. The number of H-pyrrole nitrogens is 1. The van der Waals surface area contributed by atoms with Gasteiger partial charge in [-0.1, -0.05) is 11.6 Å². The molecule has 0 unspecified atom stereocenters. The summed E-state index contributed by atoms with van der Waals surface area (Å²) in [5.74, 6) is -0.701. The summed E-state index contributed by atoms with van der Waals surface area (Å²) < 4.78 is 46.5. The molecule has 35 heavy (non-hydrogen) atoms. The van der Waals surface area contributed by atoms with Crippen LogP contribution in [0.15, 0.2) is 48.2 Å². The number of carbonyl (C=O) groups excluding carboxylic acids is 2. The summed E-state index contributed by atoms with van der Waals surface area (Å²) in [6.07, 6.45) is -3.74. The molecule has 3 aromatic rings. The zero-order valence-electron chi connectivity index (χ0n) is 17.9. The summed E-state index contributed by atoms with van der Waals surface area (Å²) in [4.78, 5) is 28.5. The number of carbonyl (C=O) groups is 2. The molecule has 2 aliphatic rings. The Morgan fingerprint density at radius 1 is 1.11 bits per heavy atom. The van der Waals surface area contributed by atoms with Gasteiger partial charge >= 0.3 is 12.5 Å². The van der Waals surface area contributed by atoms with Crippen molar-refractivity contribution in [1.82, 2.24) is 25.2 Å². The molecule has 5 rings (SSSR count). The normalized spacial score (nSPS) is 17.5. The molecule has 0 saturated carbocycles. The second kappa shape index (κ2) is 8.77. The number of fused-ring (bicyclic) bond motifs is 2. The van der Waals surface area contributed by atoms with Gasteiger partial charge in [0.2, 0.25) is 0 Å². The van der Waals surface area contributed by atoms with Crippen LogP contribution in [-0.4, -0.2) is 63.2 Å². The van der Waals surface area contributed by atoms with Crippen LogP contribution < -0.4 is 4.74 Å². The molecule has 1 N–H and O–H groups in total. The van der Waals surface area contributed by atoms with Crippen LogP contribution in [0.5, 0.6) is 5.75 Å². The van der Waals surface area contributed by atoms with Gasteiger partial charge in [0, 0.05) is 42.3 Å². The number of amides is 2. The van der Waals surface area contributed by atoms with E-state index in [-0.39, 0.29) is 35.6 Å². The van der Waals surface area contributed by atoms with Crippen LogP contribution in [-0.2, 0) is 11.3 Å². The van der Waals surface area contributed by atoms with Gasteiger partial charge in [-0.2, -0.15) is 15.4 Å². The Labute approximate surface area is 201 Å². The van der Waals surface area contributed by atoms with Crippen molar-refractivity contribution in [1.29, 1.82) is 0 Å². The highest BCUT2D eigenvalue weighted by atomic mass is 35.5. The minimum atomic E-state index is -4.86. The molecule has 3 heterocycles. The van der Waals surface area contributed by atoms with Gasteiger partial charge in [-0.3, -0.25) is 4.79 Å². The van der Waals surface area contributed by atoms with Crippen molar-refractivity contribution in [2.24, 2.45) is 5.92 Å². The Hall–Kier alpha value is -3.80. The first-order chi connectivity index (χ1) is 16.6. The molecule has 1 saturated heterocycles. The molecular weight excluding hydrogens is 491 g/mol. The van der Waals surface area contributed by atoms with Crippen LogP contribution >= 0.6 is 11.6 Å². The Bertz CT molecular complexity index is 1340. The van der Waals surface area contributed by atoms with Crippen LogP contribution in [0.25, 0.3) is 11.0 Å². The van der Waals surface area contributed by atoms with Crippen molar-refractivity contribution in [3.63, 3.8) is 0 Å². The first-order valence-electron chi connectivity index (χ1n) is 10.4. The second-order valence-corrected chi connectivity index (χ2v) is 8.60. The maximum Gasteiger partial charge on any atom is 0.573 e. The van der Waals surface area contributed by atoms with E-state index in [2.05, 4.69) is 20.1 Å². The van der Waals surface area contributed by atoms with E-state index in [1.165, 1.54) is 11.0 Å². The second-order valence-electron chi connectivity index (χ2n) is 8.16. The number of hydrogen-bond acceptors (Lipinski definition) is 6. The Morgan fingerprint density at radius 2 is 1.91 bits per heavy atom. The van der Waals surface area contributed by atoms with Crippen molar-refractivity contribution in [2.45, 2.75) is 13.0 Å². The topological polar surface area (TPSA) is 101 Å². The Balaban J connectivity index is 1.18. The monoisotopic (exact) mass is 507 g/mol.